The van der Waals surface area contributed by atoms with Gasteiger partial charge in [0.2, 0.25) is 0 Å². The maximum atomic E-state index is 11.8. The molecule has 0 aliphatic heterocycles. The monoisotopic (exact) mass is 476 g/mol. The third kappa shape index (κ3) is 4.79. The third-order valence-corrected chi connectivity index (χ3v) is 4.05. The normalized spacial score (nSPS) is 10.3. The van der Waals surface area contributed by atoms with E-state index < -0.39 is 0 Å². The molecule has 0 aliphatic rings. The quantitative estimate of drug-likeness (QED) is 0.693. The maximum Gasteiger partial charge on any atom is 0.263 e. The van der Waals surface area contributed by atoms with Crippen molar-refractivity contribution in [1.29, 1.82) is 0 Å². The van der Waals surface area contributed by atoms with Gasteiger partial charge in [-0.2, -0.15) is 0 Å². The van der Waals surface area contributed by atoms with Crippen LogP contribution in [0, 0.1) is 6.92 Å². The number of carbonyl (C=O) groups is 1. The number of amides is 1. The Labute approximate surface area is 147 Å². The Morgan fingerprint density at radius 3 is 2.62 bits per heavy atom. The Morgan fingerprint density at radius 1 is 1.24 bits per heavy atom. The zero-order valence-corrected chi connectivity index (χ0v) is 15.7. The predicted octanol–water partition coefficient (Wildman–Crippen LogP) is 4.70. The molecule has 4 nitrogen and oxygen atoms in total. The molecule has 0 atom stereocenters. The van der Waals surface area contributed by atoms with E-state index in [9.17, 15) is 4.79 Å². The largest absolute Gasteiger partial charge is 0.482 e. The molecule has 0 spiro atoms. The SMILES string of the molecule is Cc1cc(Br)cc(Br)c1OCC(=O)Nc1ccc(Br)cn1. The summed E-state index contributed by atoms with van der Waals surface area (Å²) < 4.78 is 8.16. The molecule has 0 aliphatic carbocycles. The Morgan fingerprint density at radius 2 is 2.00 bits per heavy atom. The van der Waals surface area contributed by atoms with Crippen molar-refractivity contribution in [3.05, 3.63) is 49.4 Å². The number of anilines is 1. The second-order valence-corrected chi connectivity index (χ2v) is 6.92. The molecular formula is C14H11Br3N2O2. The van der Waals surface area contributed by atoms with E-state index in [2.05, 4.69) is 58.1 Å². The highest BCUT2D eigenvalue weighted by Gasteiger charge is 2.10. The van der Waals surface area contributed by atoms with Crippen molar-refractivity contribution in [3.8, 4) is 5.75 Å². The van der Waals surface area contributed by atoms with Crippen molar-refractivity contribution in [2.24, 2.45) is 0 Å². The number of hydrogen-bond acceptors (Lipinski definition) is 3. The van der Waals surface area contributed by atoms with Crippen LogP contribution < -0.4 is 10.1 Å². The van der Waals surface area contributed by atoms with Gasteiger partial charge in [0.1, 0.15) is 11.6 Å². The highest BCUT2D eigenvalue weighted by Crippen LogP contribution is 2.32. The number of aryl methyl sites for hydroxylation is 1. The lowest BCUT2D eigenvalue weighted by Crippen LogP contribution is -2.21. The standard InChI is InChI=1S/C14H11Br3N2O2/c1-8-4-10(16)5-11(17)14(8)21-7-13(20)19-12-3-2-9(15)6-18-12/h2-6H,7H2,1H3,(H,18,19,20). The number of rotatable bonds is 4. The number of pyridine rings is 1. The van der Waals surface area contributed by atoms with Gasteiger partial charge in [0.15, 0.2) is 6.61 Å². The van der Waals surface area contributed by atoms with Crippen molar-refractivity contribution >= 4 is 59.5 Å². The number of benzene rings is 1. The van der Waals surface area contributed by atoms with Crippen LogP contribution in [0.15, 0.2) is 43.9 Å². The van der Waals surface area contributed by atoms with Gasteiger partial charge in [-0.05, 0) is 68.6 Å². The highest BCUT2D eigenvalue weighted by molar-refractivity contribution is 9.11. The summed E-state index contributed by atoms with van der Waals surface area (Å²) >= 11 is 10.1. The topological polar surface area (TPSA) is 51.2 Å². The van der Waals surface area contributed by atoms with Crippen LogP contribution in [0.2, 0.25) is 0 Å². The fourth-order valence-corrected chi connectivity index (χ4v) is 3.43. The molecule has 7 heteroatoms. The molecule has 1 aromatic carbocycles. The van der Waals surface area contributed by atoms with Gasteiger partial charge in [-0.1, -0.05) is 15.9 Å². The minimum atomic E-state index is -0.265. The van der Waals surface area contributed by atoms with Gasteiger partial charge in [0.25, 0.3) is 5.91 Å². The lowest BCUT2D eigenvalue weighted by molar-refractivity contribution is -0.118. The molecule has 1 amide bonds. The lowest BCUT2D eigenvalue weighted by atomic mass is 10.2. The van der Waals surface area contributed by atoms with Crippen LogP contribution in [0.3, 0.4) is 0 Å². The first-order chi connectivity index (χ1) is 9.95. The molecule has 0 radical (unpaired) electrons. The second kappa shape index (κ2) is 7.38. The minimum absolute atomic E-state index is 0.0845. The Kier molecular flexibility index (Phi) is 5.78. The Balaban J connectivity index is 1.97. The number of halogens is 3. The molecule has 110 valence electrons. The van der Waals surface area contributed by atoms with Crippen LogP contribution in [-0.4, -0.2) is 17.5 Å². The van der Waals surface area contributed by atoms with Gasteiger partial charge in [0, 0.05) is 15.1 Å². The summed E-state index contributed by atoms with van der Waals surface area (Å²) in [5, 5.41) is 2.67. The molecule has 0 saturated carbocycles. The zero-order valence-electron chi connectivity index (χ0n) is 11.0. The van der Waals surface area contributed by atoms with Gasteiger partial charge in [-0.25, -0.2) is 4.98 Å². The van der Waals surface area contributed by atoms with E-state index in [1.165, 1.54) is 0 Å². The summed E-state index contributed by atoms with van der Waals surface area (Å²) in [5.74, 6) is 0.870. The number of ether oxygens (including phenoxy) is 1. The van der Waals surface area contributed by atoms with Gasteiger partial charge < -0.3 is 10.1 Å². The Hall–Kier alpha value is -0.920. The average Bonchev–Trinajstić information content (AvgIpc) is 2.40. The first-order valence-corrected chi connectivity index (χ1v) is 8.33. The summed E-state index contributed by atoms with van der Waals surface area (Å²) in [6.07, 6.45) is 1.62. The van der Waals surface area contributed by atoms with E-state index in [0.717, 1.165) is 19.0 Å². The van der Waals surface area contributed by atoms with E-state index in [0.29, 0.717) is 11.6 Å². The number of nitrogens with one attached hydrogen (secondary N) is 1. The van der Waals surface area contributed by atoms with Crippen LogP contribution in [0.1, 0.15) is 5.56 Å². The molecule has 1 N–H and O–H groups in total. The van der Waals surface area contributed by atoms with Crippen LogP contribution >= 0.6 is 47.8 Å². The molecule has 2 rings (SSSR count). The van der Waals surface area contributed by atoms with Crippen molar-refractivity contribution in [2.75, 3.05) is 11.9 Å². The van der Waals surface area contributed by atoms with Crippen molar-refractivity contribution < 1.29 is 9.53 Å². The first-order valence-electron chi connectivity index (χ1n) is 5.95. The number of aromatic nitrogens is 1. The van der Waals surface area contributed by atoms with Crippen LogP contribution in [0.4, 0.5) is 5.82 Å². The summed E-state index contributed by atoms with van der Waals surface area (Å²) in [7, 11) is 0. The molecule has 21 heavy (non-hydrogen) atoms. The lowest BCUT2D eigenvalue weighted by Gasteiger charge is -2.11. The van der Waals surface area contributed by atoms with Crippen molar-refractivity contribution in [2.45, 2.75) is 6.92 Å². The van der Waals surface area contributed by atoms with E-state index in [1.54, 1.807) is 18.3 Å². The van der Waals surface area contributed by atoms with Crippen LogP contribution in [-0.2, 0) is 4.79 Å². The molecular weight excluding hydrogens is 468 g/mol. The molecule has 2 aromatic rings. The van der Waals surface area contributed by atoms with Crippen molar-refractivity contribution in [3.63, 3.8) is 0 Å². The minimum Gasteiger partial charge on any atom is -0.482 e. The van der Waals surface area contributed by atoms with Gasteiger partial charge in [-0.15, -0.1) is 0 Å². The van der Waals surface area contributed by atoms with E-state index in [4.69, 9.17) is 4.74 Å². The summed E-state index contributed by atoms with van der Waals surface area (Å²) in [4.78, 5) is 15.9. The predicted molar refractivity (Wildman–Crippen MR) is 92.6 cm³/mol. The van der Waals surface area contributed by atoms with Gasteiger partial charge in [-0.3, -0.25) is 4.79 Å². The number of nitrogens with zero attached hydrogens (tertiary/aromatic N) is 1. The van der Waals surface area contributed by atoms with Gasteiger partial charge in [0.05, 0.1) is 4.47 Å². The van der Waals surface area contributed by atoms with Crippen LogP contribution in [0.25, 0.3) is 0 Å². The summed E-state index contributed by atoms with van der Waals surface area (Å²) in [6.45, 7) is 1.83. The fourth-order valence-electron chi connectivity index (χ4n) is 1.64. The summed E-state index contributed by atoms with van der Waals surface area (Å²) in [5.41, 5.74) is 0.936. The zero-order chi connectivity index (χ0) is 15.4. The molecule has 1 heterocycles. The molecule has 0 fully saturated rings. The number of carbonyl (C=O) groups excluding carboxylic acids is 1. The molecule has 0 unspecified atom stereocenters. The second-order valence-electron chi connectivity index (χ2n) is 4.23. The highest BCUT2D eigenvalue weighted by atomic mass is 79.9. The Bertz CT molecular complexity index is 637. The average molecular weight is 479 g/mol. The molecule has 0 bridgehead atoms. The van der Waals surface area contributed by atoms with Crippen molar-refractivity contribution in [1.82, 2.24) is 4.98 Å². The smallest absolute Gasteiger partial charge is 0.263 e. The summed E-state index contributed by atoms with van der Waals surface area (Å²) in [6, 6.07) is 7.31. The molecule has 1 aromatic heterocycles. The van der Waals surface area contributed by atoms with E-state index >= 15 is 0 Å². The maximum absolute atomic E-state index is 11.8. The fraction of sp³-hybridized carbons (Fsp3) is 0.143. The number of hydrogen-bond donors (Lipinski definition) is 1. The van der Waals surface area contributed by atoms with Crippen LogP contribution in [0.5, 0.6) is 5.75 Å². The van der Waals surface area contributed by atoms with Gasteiger partial charge >= 0.3 is 0 Å². The third-order valence-electron chi connectivity index (χ3n) is 2.54. The first kappa shape index (κ1) is 16.5. The van der Waals surface area contributed by atoms with E-state index in [1.807, 2.05) is 19.1 Å². The van der Waals surface area contributed by atoms with E-state index in [-0.39, 0.29) is 12.5 Å². The molecule has 0 saturated heterocycles.